The van der Waals surface area contributed by atoms with Crippen LogP contribution >= 0.6 is 0 Å². The number of amides is 1. The van der Waals surface area contributed by atoms with E-state index in [2.05, 4.69) is 6.58 Å². The number of carbonyl (C=O) groups is 1. The lowest BCUT2D eigenvalue weighted by atomic mass is 9.98. The maximum atomic E-state index is 12.0. The fraction of sp³-hybridized carbons (Fsp3) is 0.769. The second-order valence-corrected chi connectivity index (χ2v) is 5.46. The zero-order valence-corrected chi connectivity index (χ0v) is 11.0. The van der Waals surface area contributed by atoms with Gasteiger partial charge in [-0.05, 0) is 40.0 Å². The molecule has 1 fully saturated rings. The molecule has 0 aromatic rings. The van der Waals surface area contributed by atoms with Crippen molar-refractivity contribution in [2.45, 2.75) is 57.8 Å². The highest BCUT2D eigenvalue weighted by atomic mass is 16.6. The number of likely N-dealkylation sites (tertiary alicyclic amines) is 1. The van der Waals surface area contributed by atoms with Gasteiger partial charge in [-0.25, -0.2) is 4.79 Å². The van der Waals surface area contributed by atoms with E-state index >= 15 is 0 Å². The molecule has 1 N–H and O–H groups in total. The predicted molar refractivity (Wildman–Crippen MR) is 66.8 cm³/mol. The van der Waals surface area contributed by atoms with Gasteiger partial charge in [-0.3, -0.25) is 0 Å². The maximum Gasteiger partial charge on any atom is 0.410 e. The molecule has 0 aromatic heterocycles. The van der Waals surface area contributed by atoms with Gasteiger partial charge in [-0.2, -0.15) is 0 Å². The normalized spacial score (nSPS) is 23.1. The molecule has 17 heavy (non-hydrogen) atoms. The molecule has 0 aliphatic carbocycles. The van der Waals surface area contributed by atoms with Crippen LogP contribution in [0.1, 0.15) is 40.0 Å². The Kier molecular flexibility index (Phi) is 4.57. The highest BCUT2D eigenvalue weighted by Crippen LogP contribution is 2.22. The molecule has 1 saturated heterocycles. The van der Waals surface area contributed by atoms with Gasteiger partial charge in [-0.15, -0.1) is 6.58 Å². The average Bonchev–Trinajstić information content (AvgIpc) is 2.25. The van der Waals surface area contributed by atoms with Crippen LogP contribution in [0.15, 0.2) is 12.7 Å². The SMILES string of the molecule is C=CC(O)[C@@H]1CCCCN1C(=O)OC(C)(C)C. The quantitative estimate of drug-likeness (QED) is 0.755. The van der Waals surface area contributed by atoms with E-state index in [9.17, 15) is 9.90 Å². The molecule has 1 rings (SSSR count). The molecule has 1 aliphatic heterocycles. The zero-order valence-electron chi connectivity index (χ0n) is 11.0. The molecular formula is C13H23NO3. The Morgan fingerprint density at radius 3 is 2.71 bits per heavy atom. The lowest BCUT2D eigenvalue weighted by Gasteiger charge is -2.38. The van der Waals surface area contributed by atoms with E-state index in [-0.39, 0.29) is 12.1 Å². The molecule has 1 unspecified atom stereocenters. The second-order valence-electron chi connectivity index (χ2n) is 5.46. The molecule has 1 aliphatic rings. The van der Waals surface area contributed by atoms with Crippen LogP contribution in [0.25, 0.3) is 0 Å². The third kappa shape index (κ3) is 4.04. The number of aliphatic hydroxyl groups is 1. The standard InChI is InChI=1S/C13H23NO3/c1-5-11(15)10-8-6-7-9-14(10)12(16)17-13(2,3)4/h5,10-11,15H,1,6-9H2,2-4H3/t10-,11?/m0/s1. The molecule has 4 heteroatoms. The van der Waals surface area contributed by atoms with Gasteiger partial charge in [0.25, 0.3) is 0 Å². The predicted octanol–water partition coefficient (Wildman–Crippen LogP) is 2.32. The molecule has 0 radical (unpaired) electrons. The fourth-order valence-electron chi connectivity index (χ4n) is 2.02. The molecule has 98 valence electrons. The van der Waals surface area contributed by atoms with Crippen LogP contribution in [0.2, 0.25) is 0 Å². The Bertz CT molecular complexity index is 283. The van der Waals surface area contributed by atoms with E-state index in [1.807, 2.05) is 20.8 Å². The lowest BCUT2D eigenvalue weighted by molar-refractivity contribution is -0.00761. The van der Waals surface area contributed by atoms with Crippen LogP contribution in [0.3, 0.4) is 0 Å². The number of ether oxygens (including phenoxy) is 1. The van der Waals surface area contributed by atoms with Crippen molar-refractivity contribution in [2.24, 2.45) is 0 Å². The Hall–Kier alpha value is -1.03. The van der Waals surface area contributed by atoms with Crippen LogP contribution in [-0.2, 0) is 4.74 Å². The summed E-state index contributed by atoms with van der Waals surface area (Å²) in [4.78, 5) is 13.6. The van der Waals surface area contributed by atoms with Crippen molar-refractivity contribution in [1.82, 2.24) is 4.90 Å². The van der Waals surface area contributed by atoms with Gasteiger partial charge in [0, 0.05) is 6.54 Å². The number of piperidine rings is 1. The number of nitrogens with zero attached hydrogens (tertiary/aromatic N) is 1. The van der Waals surface area contributed by atoms with E-state index in [1.165, 1.54) is 6.08 Å². The smallest absolute Gasteiger partial charge is 0.410 e. The Balaban J connectivity index is 2.70. The number of aliphatic hydroxyl groups excluding tert-OH is 1. The van der Waals surface area contributed by atoms with Crippen LogP contribution in [-0.4, -0.2) is 40.4 Å². The van der Waals surface area contributed by atoms with Crippen LogP contribution in [0.5, 0.6) is 0 Å². The van der Waals surface area contributed by atoms with Crippen molar-refractivity contribution in [3.05, 3.63) is 12.7 Å². The molecule has 0 saturated carbocycles. The first-order valence-electron chi connectivity index (χ1n) is 6.15. The molecule has 0 spiro atoms. The number of rotatable bonds is 2. The van der Waals surface area contributed by atoms with E-state index in [0.29, 0.717) is 6.54 Å². The topological polar surface area (TPSA) is 49.8 Å². The van der Waals surface area contributed by atoms with Crippen molar-refractivity contribution in [2.75, 3.05) is 6.54 Å². The minimum absolute atomic E-state index is 0.198. The molecule has 1 heterocycles. The first kappa shape index (κ1) is 14.0. The van der Waals surface area contributed by atoms with E-state index in [4.69, 9.17) is 4.74 Å². The van der Waals surface area contributed by atoms with Crippen LogP contribution in [0.4, 0.5) is 4.79 Å². The first-order chi connectivity index (χ1) is 7.85. The van der Waals surface area contributed by atoms with Gasteiger partial charge in [-0.1, -0.05) is 6.08 Å². The Labute approximate surface area is 103 Å². The number of hydrogen-bond acceptors (Lipinski definition) is 3. The van der Waals surface area contributed by atoms with Gasteiger partial charge in [0.05, 0.1) is 12.1 Å². The highest BCUT2D eigenvalue weighted by molar-refractivity contribution is 5.68. The van der Waals surface area contributed by atoms with E-state index in [0.717, 1.165) is 19.3 Å². The summed E-state index contributed by atoms with van der Waals surface area (Å²) < 4.78 is 5.34. The largest absolute Gasteiger partial charge is 0.444 e. The minimum atomic E-state index is -0.678. The molecule has 1 amide bonds. The third-order valence-corrected chi connectivity index (χ3v) is 2.81. The van der Waals surface area contributed by atoms with Crippen LogP contribution in [0, 0.1) is 0 Å². The van der Waals surface area contributed by atoms with Gasteiger partial charge >= 0.3 is 6.09 Å². The first-order valence-corrected chi connectivity index (χ1v) is 6.15. The second kappa shape index (κ2) is 5.54. The molecular weight excluding hydrogens is 218 g/mol. The monoisotopic (exact) mass is 241 g/mol. The summed E-state index contributed by atoms with van der Waals surface area (Å²) in [5.41, 5.74) is -0.502. The van der Waals surface area contributed by atoms with Crippen molar-refractivity contribution >= 4 is 6.09 Å². The van der Waals surface area contributed by atoms with Crippen LogP contribution < -0.4 is 0 Å². The van der Waals surface area contributed by atoms with Crippen molar-refractivity contribution in [1.29, 1.82) is 0 Å². The zero-order chi connectivity index (χ0) is 13.1. The summed E-state index contributed by atoms with van der Waals surface area (Å²) in [6.07, 6.45) is 3.24. The fourth-order valence-corrected chi connectivity index (χ4v) is 2.02. The highest BCUT2D eigenvalue weighted by Gasteiger charge is 2.33. The summed E-state index contributed by atoms with van der Waals surface area (Å²) in [5.74, 6) is 0. The summed E-state index contributed by atoms with van der Waals surface area (Å²) in [7, 11) is 0. The summed E-state index contributed by atoms with van der Waals surface area (Å²) in [5, 5.41) is 9.83. The van der Waals surface area contributed by atoms with E-state index in [1.54, 1.807) is 4.90 Å². The summed E-state index contributed by atoms with van der Waals surface area (Å²) in [6, 6.07) is -0.198. The maximum absolute atomic E-state index is 12.0. The third-order valence-electron chi connectivity index (χ3n) is 2.81. The van der Waals surface area contributed by atoms with Gasteiger partial charge in [0.15, 0.2) is 0 Å². The van der Waals surface area contributed by atoms with Crippen molar-refractivity contribution in [3.8, 4) is 0 Å². The van der Waals surface area contributed by atoms with Gasteiger partial charge in [0.2, 0.25) is 0 Å². The van der Waals surface area contributed by atoms with E-state index < -0.39 is 11.7 Å². The Morgan fingerprint density at radius 1 is 1.53 bits per heavy atom. The summed E-state index contributed by atoms with van der Waals surface area (Å²) in [6.45, 7) is 9.74. The molecule has 2 atom stereocenters. The van der Waals surface area contributed by atoms with Gasteiger partial charge < -0.3 is 14.7 Å². The lowest BCUT2D eigenvalue weighted by Crippen LogP contribution is -2.50. The average molecular weight is 241 g/mol. The summed E-state index contributed by atoms with van der Waals surface area (Å²) >= 11 is 0. The molecule has 0 aromatic carbocycles. The number of hydrogen-bond donors (Lipinski definition) is 1. The minimum Gasteiger partial charge on any atom is -0.444 e. The van der Waals surface area contributed by atoms with Crippen molar-refractivity contribution < 1.29 is 14.6 Å². The molecule has 4 nitrogen and oxygen atoms in total. The Morgan fingerprint density at radius 2 is 2.18 bits per heavy atom. The van der Waals surface area contributed by atoms with Gasteiger partial charge in [0.1, 0.15) is 5.60 Å². The molecule has 0 bridgehead atoms. The number of carbonyl (C=O) groups excluding carboxylic acids is 1. The van der Waals surface area contributed by atoms with Crippen molar-refractivity contribution in [3.63, 3.8) is 0 Å².